The fourth-order valence-electron chi connectivity index (χ4n) is 1.29. The van der Waals surface area contributed by atoms with Gasteiger partial charge in [-0.3, -0.25) is 4.79 Å². The van der Waals surface area contributed by atoms with E-state index in [1.165, 1.54) is 11.3 Å². The highest BCUT2D eigenvalue weighted by molar-refractivity contribution is 7.88. The van der Waals surface area contributed by atoms with Gasteiger partial charge in [0.15, 0.2) is 0 Å². The van der Waals surface area contributed by atoms with Crippen LogP contribution in [0.2, 0.25) is 0 Å². The number of thiazole rings is 1. The van der Waals surface area contributed by atoms with Gasteiger partial charge in [-0.25, -0.2) is 18.1 Å². The molecular weight excluding hydrogens is 288 g/mol. The second-order valence-electron chi connectivity index (χ2n) is 3.94. The standard InChI is InChI=1S/C10H18N4O3S2/c1-19(16,17)13-6-2-5-12-10(15)8-7-18-9(14-8)3-4-11/h7,13H,2-6,11H2,1H3,(H,12,15). The predicted octanol–water partition coefficient (Wildman–Crippen LogP) is -0.687. The number of nitrogens with two attached hydrogens (primary N) is 1. The zero-order chi connectivity index (χ0) is 14.3. The first-order chi connectivity index (χ1) is 8.92. The molecule has 0 aliphatic heterocycles. The van der Waals surface area contributed by atoms with Gasteiger partial charge in [0, 0.05) is 24.9 Å². The number of carbonyl (C=O) groups is 1. The van der Waals surface area contributed by atoms with Crippen molar-refractivity contribution >= 4 is 27.3 Å². The summed E-state index contributed by atoms with van der Waals surface area (Å²) >= 11 is 1.41. The molecule has 0 radical (unpaired) electrons. The molecule has 0 unspecified atom stereocenters. The SMILES string of the molecule is CS(=O)(=O)NCCCNC(=O)c1csc(CCN)n1. The fraction of sp³-hybridized carbons (Fsp3) is 0.600. The van der Waals surface area contributed by atoms with Gasteiger partial charge >= 0.3 is 0 Å². The number of hydrogen-bond donors (Lipinski definition) is 3. The van der Waals surface area contributed by atoms with Gasteiger partial charge in [0.25, 0.3) is 5.91 Å². The summed E-state index contributed by atoms with van der Waals surface area (Å²) in [6.07, 6.45) is 2.29. The molecule has 108 valence electrons. The van der Waals surface area contributed by atoms with E-state index in [2.05, 4.69) is 15.0 Å². The third-order valence-electron chi connectivity index (χ3n) is 2.15. The molecule has 0 saturated carbocycles. The average Bonchev–Trinajstić information content (AvgIpc) is 2.76. The first kappa shape index (κ1) is 16.0. The van der Waals surface area contributed by atoms with E-state index in [-0.39, 0.29) is 5.91 Å². The Bertz CT molecular complexity index is 513. The first-order valence-electron chi connectivity index (χ1n) is 5.79. The lowest BCUT2D eigenvalue weighted by Crippen LogP contribution is -2.29. The minimum absolute atomic E-state index is 0.251. The lowest BCUT2D eigenvalue weighted by Gasteiger charge is -2.03. The van der Waals surface area contributed by atoms with Crippen LogP contribution in [0.5, 0.6) is 0 Å². The largest absolute Gasteiger partial charge is 0.351 e. The lowest BCUT2D eigenvalue weighted by atomic mass is 10.4. The van der Waals surface area contributed by atoms with Crippen LogP contribution in [0.25, 0.3) is 0 Å². The summed E-state index contributed by atoms with van der Waals surface area (Å²) in [5.41, 5.74) is 5.78. The van der Waals surface area contributed by atoms with Gasteiger partial charge in [0.2, 0.25) is 10.0 Å². The van der Waals surface area contributed by atoms with Crippen LogP contribution < -0.4 is 15.8 Å². The highest BCUT2D eigenvalue weighted by Crippen LogP contribution is 2.09. The van der Waals surface area contributed by atoms with Crippen LogP contribution in [-0.4, -0.2) is 45.2 Å². The van der Waals surface area contributed by atoms with Crippen molar-refractivity contribution < 1.29 is 13.2 Å². The minimum Gasteiger partial charge on any atom is -0.351 e. The molecule has 0 aliphatic carbocycles. The number of sulfonamides is 1. The highest BCUT2D eigenvalue weighted by Gasteiger charge is 2.09. The molecule has 1 aromatic heterocycles. The Morgan fingerprint density at radius 3 is 2.84 bits per heavy atom. The van der Waals surface area contributed by atoms with Crippen LogP contribution >= 0.6 is 11.3 Å². The monoisotopic (exact) mass is 306 g/mol. The smallest absolute Gasteiger partial charge is 0.270 e. The van der Waals surface area contributed by atoms with Crippen molar-refractivity contribution in [3.63, 3.8) is 0 Å². The highest BCUT2D eigenvalue weighted by atomic mass is 32.2. The molecule has 0 bridgehead atoms. The van der Waals surface area contributed by atoms with Crippen LogP contribution in [0.3, 0.4) is 0 Å². The molecule has 0 aliphatic rings. The summed E-state index contributed by atoms with van der Waals surface area (Å²) in [6, 6.07) is 0. The first-order valence-corrected chi connectivity index (χ1v) is 8.57. The van der Waals surface area contributed by atoms with E-state index < -0.39 is 10.0 Å². The summed E-state index contributed by atoms with van der Waals surface area (Å²) in [6.45, 7) is 1.20. The van der Waals surface area contributed by atoms with Crippen molar-refractivity contribution in [3.05, 3.63) is 16.1 Å². The van der Waals surface area contributed by atoms with E-state index in [1.54, 1.807) is 5.38 Å². The Morgan fingerprint density at radius 2 is 2.21 bits per heavy atom. The number of hydrogen-bond acceptors (Lipinski definition) is 6. The van der Waals surface area contributed by atoms with Gasteiger partial charge in [-0.15, -0.1) is 11.3 Å². The molecule has 7 nitrogen and oxygen atoms in total. The quantitative estimate of drug-likeness (QED) is 0.550. The number of nitrogens with one attached hydrogen (secondary N) is 2. The lowest BCUT2D eigenvalue weighted by molar-refractivity contribution is 0.0949. The van der Waals surface area contributed by atoms with Gasteiger partial charge in [-0.1, -0.05) is 0 Å². The number of carbonyl (C=O) groups excluding carboxylic acids is 1. The van der Waals surface area contributed by atoms with Gasteiger partial charge < -0.3 is 11.1 Å². The summed E-state index contributed by atoms with van der Waals surface area (Å²) < 4.78 is 23.9. The Morgan fingerprint density at radius 1 is 1.47 bits per heavy atom. The molecule has 9 heteroatoms. The van der Waals surface area contributed by atoms with Gasteiger partial charge in [0.05, 0.1) is 11.3 Å². The van der Waals surface area contributed by atoms with Crippen molar-refractivity contribution in [2.75, 3.05) is 25.9 Å². The maximum Gasteiger partial charge on any atom is 0.270 e. The van der Waals surface area contributed by atoms with E-state index in [0.717, 1.165) is 11.3 Å². The molecule has 0 saturated heterocycles. The average molecular weight is 306 g/mol. The molecule has 0 atom stereocenters. The third kappa shape index (κ3) is 6.62. The summed E-state index contributed by atoms with van der Waals surface area (Å²) in [5, 5.41) is 5.21. The van der Waals surface area contributed by atoms with Crippen LogP contribution in [0.15, 0.2) is 5.38 Å². The van der Waals surface area contributed by atoms with Crippen molar-refractivity contribution in [1.29, 1.82) is 0 Å². The Hall–Kier alpha value is -1.03. The van der Waals surface area contributed by atoms with Crippen molar-refractivity contribution in [2.45, 2.75) is 12.8 Å². The fourth-order valence-corrected chi connectivity index (χ4v) is 2.60. The van der Waals surface area contributed by atoms with Crippen molar-refractivity contribution in [1.82, 2.24) is 15.0 Å². The van der Waals surface area contributed by atoms with Gasteiger partial charge in [-0.2, -0.15) is 0 Å². The number of nitrogens with zero attached hydrogens (tertiary/aromatic N) is 1. The molecule has 1 rings (SSSR count). The predicted molar refractivity (Wildman–Crippen MR) is 74.7 cm³/mol. The second-order valence-corrected chi connectivity index (χ2v) is 6.72. The van der Waals surface area contributed by atoms with E-state index in [0.29, 0.717) is 38.2 Å². The molecule has 19 heavy (non-hydrogen) atoms. The normalized spacial score (nSPS) is 11.5. The van der Waals surface area contributed by atoms with Crippen molar-refractivity contribution in [3.8, 4) is 0 Å². The molecule has 4 N–H and O–H groups in total. The second kappa shape index (κ2) is 7.53. The molecule has 0 aromatic carbocycles. The molecule has 1 aromatic rings. The molecule has 0 fully saturated rings. The zero-order valence-corrected chi connectivity index (χ0v) is 12.3. The van der Waals surface area contributed by atoms with Gasteiger partial charge in [-0.05, 0) is 13.0 Å². The molecular formula is C10H18N4O3S2. The zero-order valence-electron chi connectivity index (χ0n) is 10.7. The molecule has 1 amide bonds. The summed E-state index contributed by atoms with van der Waals surface area (Å²) in [5.74, 6) is -0.251. The Labute approximate surface area is 116 Å². The summed E-state index contributed by atoms with van der Waals surface area (Å²) in [7, 11) is -3.17. The number of aromatic nitrogens is 1. The van der Waals surface area contributed by atoms with Crippen LogP contribution in [0.1, 0.15) is 21.9 Å². The van der Waals surface area contributed by atoms with Crippen molar-refractivity contribution in [2.24, 2.45) is 5.73 Å². The maximum atomic E-state index is 11.7. The van der Waals surface area contributed by atoms with E-state index in [4.69, 9.17) is 5.73 Å². The summed E-state index contributed by atoms with van der Waals surface area (Å²) in [4.78, 5) is 15.8. The maximum absolute atomic E-state index is 11.7. The van der Waals surface area contributed by atoms with E-state index >= 15 is 0 Å². The molecule has 1 heterocycles. The third-order valence-corrected chi connectivity index (χ3v) is 3.78. The van der Waals surface area contributed by atoms with Crippen LogP contribution in [-0.2, 0) is 16.4 Å². The molecule has 0 spiro atoms. The topological polar surface area (TPSA) is 114 Å². The van der Waals surface area contributed by atoms with Crippen LogP contribution in [0, 0.1) is 0 Å². The number of amides is 1. The van der Waals surface area contributed by atoms with Gasteiger partial charge in [0.1, 0.15) is 5.69 Å². The van der Waals surface area contributed by atoms with E-state index in [9.17, 15) is 13.2 Å². The van der Waals surface area contributed by atoms with Crippen LogP contribution in [0.4, 0.5) is 0 Å². The number of rotatable bonds is 8. The Kier molecular flexibility index (Phi) is 6.35. The van der Waals surface area contributed by atoms with E-state index in [1.807, 2.05) is 0 Å². The minimum atomic E-state index is -3.17. The Balaban J connectivity index is 2.27.